The Labute approximate surface area is 109 Å². The van der Waals surface area contributed by atoms with Crippen molar-refractivity contribution in [2.75, 3.05) is 7.05 Å². The molecule has 2 rings (SSSR count). The van der Waals surface area contributed by atoms with Crippen LogP contribution >= 0.6 is 0 Å². The summed E-state index contributed by atoms with van der Waals surface area (Å²) in [5, 5.41) is 3.99. The van der Waals surface area contributed by atoms with E-state index in [2.05, 4.69) is 5.10 Å². The summed E-state index contributed by atoms with van der Waals surface area (Å²) in [7, 11) is 3.32. The van der Waals surface area contributed by atoms with Crippen molar-refractivity contribution >= 4 is 5.91 Å². The van der Waals surface area contributed by atoms with Gasteiger partial charge in [0, 0.05) is 38.5 Å². The van der Waals surface area contributed by atoms with E-state index in [0.29, 0.717) is 12.6 Å². The molecule has 6 heteroatoms. The summed E-state index contributed by atoms with van der Waals surface area (Å²) in [5.41, 5.74) is 0.689. The first-order valence-electron chi connectivity index (χ1n) is 5.65. The molecule has 2 aromatic rings. The Morgan fingerprint density at radius 3 is 2.74 bits per heavy atom. The normalized spacial score (nSPS) is 10.5. The van der Waals surface area contributed by atoms with Crippen molar-refractivity contribution in [3.8, 4) is 0 Å². The van der Waals surface area contributed by atoms with Gasteiger partial charge in [0.2, 0.25) is 0 Å². The summed E-state index contributed by atoms with van der Waals surface area (Å²) < 4.78 is 27.9. The fourth-order valence-corrected chi connectivity index (χ4v) is 1.77. The quantitative estimate of drug-likeness (QED) is 0.851. The van der Waals surface area contributed by atoms with Gasteiger partial charge in [0.25, 0.3) is 5.91 Å². The molecule has 0 saturated carbocycles. The first kappa shape index (κ1) is 13.2. The van der Waals surface area contributed by atoms with Crippen LogP contribution in [-0.4, -0.2) is 27.6 Å². The maximum Gasteiger partial charge on any atom is 0.256 e. The number of hydrogen-bond donors (Lipinski definition) is 0. The zero-order valence-electron chi connectivity index (χ0n) is 10.6. The van der Waals surface area contributed by atoms with Gasteiger partial charge in [-0.3, -0.25) is 9.48 Å². The Kier molecular flexibility index (Phi) is 3.59. The number of aromatic nitrogens is 2. The van der Waals surface area contributed by atoms with Crippen molar-refractivity contribution in [2.45, 2.75) is 6.54 Å². The highest BCUT2D eigenvalue weighted by Crippen LogP contribution is 2.13. The molecule has 0 saturated heterocycles. The molecule has 0 N–H and O–H groups in total. The summed E-state index contributed by atoms with van der Waals surface area (Å²) in [6.07, 6.45) is 3.40. The molecule has 0 radical (unpaired) electrons. The molecule has 0 atom stereocenters. The second-order valence-electron chi connectivity index (χ2n) is 4.31. The van der Waals surface area contributed by atoms with Crippen LogP contribution < -0.4 is 0 Å². The highest BCUT2D eigenvalue weighted by atomic mass is 19.1. The number of rotatable bonds is 3. The number of amides is 1. The van der Waals surface area contributed by atoms with Crippen LogP contribution in [0.4, 0.5) is 8.78 Å². The number of carbonyl (C=O) groups excluding carboxylic acids is 1. The van der Waals surface area contributed by atoms with E-state index in [4.69, 9.17) is 0 Å². The fourth-order valence-electron chi connectivity index (χ4n) is 1.77. The standard InChI is InChI=1S/C13H13F2N3O/c1-17(7-9-6-16-18(2)8-9)13(19)11-4-3-10(14)5-12(11)15/h3-6,8H,7H2,1-2H3. The molecule has 1 aromatic carbocycles. The minimum atomic E-state index is -0.858. The molecule has 0 spiro atoms. The molecule has 1 heterocycles. The number of nitrogens with zero attached hydrogens (tertiary/aromatic N) is 3. The van der Waals surface area contributed by atoms with E-state index in [1.165, 1.54) is 4.90 Å². The molecule has 19 heavy (non-hydrogen) atoms. The van der Waals surface area contributed by atoms with Crippen LogP contribution in [0.15, 0.2) is 30.6 Å². The second kappa shape index (κ2) is 5.17. The van der Waals surface area contributed by atoms with E-state index in [0.717, 1.165) is 17.7 Å². The van der Waals surface area contributed by atoms with Crippen molar-refractivity contribution in [1.82, 2.24) is 14.7 Å². The van der Waals surface area contributed by atoms with Gasteiger partial charge in [0.15, 0.2) is 0 Å². The van der Waals surface area contributed by atoms with E-state index >= 15 is 0 Å². The van der Waals surface area contributed by atoms with Crippen molar-refractivity contribution in [3.05, 3.63) is 53.4 Å². The number of carbonyl (C=O) groups is 1. The van der Waals surface area contributed by atoms with Crippen LogP contribution in [0.5, 0.6) is 0 Å². The summed E-state index contributed by atoms with van der Waals surface area (Å²) in [6.45, 7) is 0.309. The summed E-state index contributed by atoms with van der Waals surface area (Å²) in [5.74, 6) is -2.06. The number of benzene rings is 1. The maximum atomic E-state index is 13.5. The minimum Gasteiger partial charge on any atom is -0.337 e. The smallest absolute Gasteiger partial charge is 0.256 e. The maximum absolute atomic E-state index is 13.5. The van der Waals surface area contributed by atoms with Gasteiger partial charge in [0.05, 0.1) is 11.8 Å². The molecular weight excluding hydrogens is 252 g/mol. The van der Waals surface area contributed by atoms with E-state index < -0.39 is 17.5 Å². The molecule has 1 amide bonds. The lowest BCUT2D eigenvalue weighted by Crippen LogP contribution is -2.27. The lowest BCUT2D eigenvalue weighted by Gasteiger charge is -2.16. The van der Waals surface area contributed by atoms with Gasteiger partial charge in [-0.2, -0.15) is 5.10 Å². The van der Waals surface area contributed by atoms with E-state index in [1.54, 1.807) is 31.2 Å². The van der Waals surface area contributed by atoms with Gasteiger partial charge in [-0.1, -0.05) is 0 Å². The van der Waals surface area contributed by atoms with Gasteiger partial charge in [0.1, 0.15) is 11.6 Å². The van der Waals surface area contributed by atoms with Crippen molar-refractivity contribution in [2.24, 2.45) is 7.05 Å². The Hall–Kier alpha value is -2.24. The third-order valence-electron chi connectivity index (χ3n) is 2.69. The van der Waals surface area contributed by atoms with Crippen molar-refractivity contribution in [3.63, 3.8) is 0 Å². The molecule has 100 valence electrons. The lowest BCUT2D eigenvalue weighted by molar-refractivity contribution is 0.0780. The topological polar surface area (TPSA) is 38.1 Å². The number of halogens is 2. The van der Waals surface area contributed by atoms with Crippen LogP contribution in [0, 0.1) is 11.6 Å². The molecule has 0 aliphatic heterocycles. The highest BCUT2D eigenvalue weighted by Gasteiger charge is 2.17. The highest BCUT2D eigenvalue weighted by molar-refractivity contribution is 5.94. The number of aryl methyl sites for hydroxylation is 1. The predicted octanol–water partition coefficient (Wildman–Crippen LogP) is 1.97. The van der Waals surface area contributed by atoms with E-state index in [9.17, 15) is 13.6 Å². The Bertz CT molecular complexity index is 610. The van der Waals surface area contributed by atoms with Crippen LogP contribution in [0.2, 0.25) is 0 Å². The zero-order chi connectivity index (χ0) is 14.0. The van der Waals surface area contributed by atoms with E-state index in [1.807, 2.05) is 0 Å². The Balaban J connectivity index is 2.14. The van der Waals surface area contributed by atoms with Crippen molar-refractivity contribution < 1.29 is 13.6 Å². The predicted molar refractivity (Wildman–Crippen MR) is 65.4 cm³/mol. The van der Waals surface area contributed by atoms with Gasteiger partial charge < -0.3 is 4.90 Å². The van der Waals surface area contributed by atoms with Gasteiger partial charge in [-0.15, -0.1) is 0 Å². The molecule has 0 aliphatic carbocycles. The summed E-state index contributed by atoms with van der Waals surface area (Å²) in [6, 6.07) is 2.91. The molecule has 4 nitrogen and oxygen atoms in total. The van der Waals surface area contributed by atoms with Gasteiger partial charge >= 0.3 is 0 Å². The second-order valence-corrected chi connectivity index (χ2v) is 4.31. The summed E-state index contributed by atoms with van der Waals surface area (Å²) in [4.78, 5) is 13.4. The molecule has 0 bridgehead atoms. The average Bonchev–Trinajstić information content (AvgIpc) is 2.74. The average molecular weight is 265 g/mol. The molecule has 0 unspecified atom stereocenters. The molecular formula is C13H13F2N3O. The SMILES string of the molecule is CN(Cc1cnn(C)c1)C(=O)c1ccc(F)cc1F. The zero-order valence-corrected chi connectivity index (χ0v) is 10.6. The first-order valence-corrected chi connectivity index (χ1v) is 5.65. The van der Waals surface area contributed by atoms with E-state index in [-0.39, 0.29) is 5.56 Å². The summed E-state index contributed by atoms with van der Waals surface area (Å²) >= 11 is 0. The Morgan fingerprint density at radius 1 is 1.42 bits per heavy atom. The third kappa shape index (κ3) is 2.96. The molecule has 0 fully saturated rings. The van der Waals surface area contributed by atoms with Crippen LogP contribution in [0.1, 0.15) is 15.9 Å². The lowest BCUT2D eigenvalue weighted by atomic mass is 10.1. The third-order valence-corrected chi connectivity index (χ3v) is 2.69. The van der Waals surface area contributed by atoms with Crippen LogP contribution in [-0.2, 0) is 13.6 Å². The Morgan fingerprint density at radius 2 is 2.16 bits per heavy atom. The van der Waals surface area contributed by atoms with Crippen molar-refractivity contribution in [1.29, 1.82) is 0 Å². The molecule has 0 aliphatic rings. The van der Waals surface area contributed by atoms with Crippen LogP contribution in [0.3, 0.4) is 0 Å². The minimum absolute atomic E-state index is 0.146. The first-order chi connectivity index (χ1) is 8.97. The fraction of sp³-hybridized carbons (Fsp3) is 0.231. The number of hydrogen-bond acceptors (Lipinski definition) is 2. The largest absolute Gasteiger partial charge is 0.337 e. The van der Waals surface area contributed by atoms with Gasteiger partial charge in [-0.05, 0) is 12.1 Å². The van der Waals surface area contributed by atoms with Crippen LogP contribution in [0.25, 0.3) is 0 Å². The molecule has 1 aromatic heterocycles. The van der Waals surface area contributed by atoms with Gasteiger partial charge in [-0.25, -0.2) is 8.78 Å². The monoisotopic (exact) mass is 265 g/mol.